The Morgan fingerprint density at radius 3 is 2.70 bits per heavy atom. The lowest BCUT2D eigenvalue weighted by Crippen LogP contribution is -2.37. The Hall–Kier alpha value is -1.09. The first-order chi connectivity index (χ1) is 4.68. The highest BCUT2D eigenvalue weighted by molar-refractivity contribution is 5.91. The molecule has 0 saturated heterocycles. The molecule has 0 aromatic heterocycles. The minimum Gasteiger partial charge on any atom is -0.287 e. The van der Waals surface area contributed by atoms with Gasteiger partial charge in [-0.15, -0.1) is 6.58 Å². The van der Waals surface area contributed by atoms with Crippen LogP contribution >= 0.6 is 0 Å². The third-order valence-electron chi connectivity index (χ3n) is 0.836. The molecule has 10 heavy (non-hydrogen) atoms. The Morgan fingerprint density at radius 1 is 1.70 bits per heavy atom. The van der Waals surface area contributed by atoms with Crippen LogP contribution in [0.1, 0.15) is 6.92 Å². The lowest BCUT2D eigenvalue weighted by Gasteiger charge is -2.02. The van der Waals surface area contributed by atoms with Gasteiger partial charge in [0.25, 0.3) is 5.91 Å². The zero-order valence-electron chi connectivity index (χ0n) is 6.11. The number of nitrogens with one attached hydrogen (secondary N) is 2. The van der Waals surface area contributed by atoms with Gasteiger partial charge in [-0.05, 0) is 6.92 Å². The van der Waals surface area contributed by atoms with E-state index < -0.39 is 0 Å². The average molecular weight is 140 g/mol. The van der Waals surface area contributed by atoms with Gasteiger partial charge in [-0.2, -0.15) is 0 Å². The van der Waals surface area contributed by atoms with Crippen molar-refractivity contribution in [2.75, 3.05) is 6.54 Å². The molecule has 0 aliphatic heterocycles. The molecular formula is C7H12N2O. The fraction of sp³-hybridized carbons (Fsp3) is 0.286. The second-order valence-corrected chi connectivity index (χ2v) is 1.90. The van der Waals surface area contributed by atoms with Crippen LogP contribution in [0.25, 0.3) is 0 Å². The van der Waals surface area contributed by atoms with Crippen molar-refractivity contribution >= 4 is 5.91 Å². The predicted molar refractivity (Wildman–Crippen MR) is 41.2 cm³/mol. The number of carbonyl (C=O) groups is 1. The van der Waals surface area contributed by atoms with Crippen LogP contribution in [0.2, 0.25) is 0 Å². The van der Waals surface area contributed by atoms with Crippen LogP contribution in [0.15, 0.2) is 24.8 Å². The van der Waals surface area contributed by atoms with Gasteiger partial charge >= 0.3 is 0 Å². The number of hydrazine groups is 1. The first-order valence-electron chi connectivity index (χ1n) is 2.98. The molecule has 0 unspecified atom stereocenters. The summed E-state index contributed by atoms with van der Waals surface area (Å²) in [5, 5.41) is 0. The summed E-state index contributed by atoms with van der Waals surface area (Å²) in [6.45, 7) is 9.12. The molecule has 0 aliphatic rings. The minimum absolute atomic E-state index is 0.193. The lowest BCUT2D eigenvalue weighted by atomic mass is 10.3. The highest BCUT2D eigenvalue weighted by Crippen LogP contribution is 1.82. The Balaban J connectivity index is 3.40. The van der Waals surface area contributed by atoms with Crippen LogP contribution in [0.5, 0.6) is 0 Å². The molecule has 0 rings (SSSR count). The van der Waals surface area contributed by atoms with Gasteiger partial charge in [0.05, 0.1) is 0 Å². The van der Waals surface area contributed by atoms with Crippen LogP contribution in [-0.4, -0.2) is 12.5 Å². The van der Waals surface area contributed by atoms with Gasteiger partial charge in [0.1, 0.15) is 0 Å². The summed E-state index contributed by atoms with van der Waals surface area (Å²) in [6, 6.07) is 0. The van der Waals surface area contributed by atoms with Crippen molar-refractivity contribution in [3.05, 3.63) is 24.8 Å². The predicted octanol–water partition coefficient (Wildman–Crippen LogP) is 0.369. The number of carbonyl (C=O) groups excluding carboxylic acids is 1. The molecule has 2 N–H and O–H groups in total. The van der Waals surface area contributed by atoms with Crippen molar-refractivity contribution in [2.45, 2.75) is 6.92 Å². The summed E-state index contributed by atoms with van der Waals surface area (Å²) >= 11 is 0. The van der Waals surface area contributed by atoms with Crippen molar-refractivity contribution in [3.63, 3.8) is 0 Å². The third-order valence-corrected chi connectivity index (χ3v) is 0.836. The fourth-order valence-corrected chi connectivity index (χ4v) is 0.310. The number of amides is 1. The number of hydrogen-bond donors (Lipinski definition) is 2. The Bertz CT molecular complexity index is 152. The second-order valence-electron chi connectivity index (χ2n) is 1.90. The molecule has 0 aromatic rings. The molecule has 56 valence electrons. The van der Waals surface area contributed by atoms with Crippen molar-refractivity contribution < 1.29 is 4.79 Å². The SMILES string of the molecule is C=CCNNC(=O)C(=C)C. The molecule has 0 fully saturated rings. The van der Waals surface area contributed by atoms with E-state index in [1.165, 1.54) is 0 Å². The molecule has 0 bridgehead atoms. The molecule has 0 radical (unpaired) electrons. The van der Waals surface area contributed by atoms with E-state index in [1.807, 2.05) is 0 Å². The second kappa shape index (κ2) is 4.76. The summed E-state index contributed by atoms with van der Waals surface area (Å²) in [6.07, 6.45) is 1.65. The van der Waals surface area contributed by atoms with Gasteiger partial charge in [-0.3, -0.25) is 10.2 Å². The van der Waals surface area contributed by atoms with E-state index in [-0.39, 0.29) is 5.91 Å². The van der Waals surface area contributed by atoms with Gasteiger partial charge in [-0.1, -0.05) is 12.7 Å². The molecule has 0 atom stereocenters. The van der Waals surface area contributed by atoms with Crippen molar-refractivity contribution in [1.29, 1.82) is 0 Å². The van der Waals surface area contributed by atoms with E-state index in [4.69, 9.17) is 0 Å². The lowest BCUT2D eigenvalue weighted by molar-refractivity contribution is -0.118. The molecule has 0 saturated carbocycles. The van der Waals surface area contributed by atoms with Gasteiger partial charge in [-0.25, -0.2) is 5.43 Å². The van der Waals surface area contributed by atoms with Crippen LogP contribution < -0.4 is 10.9 Å². The summed E-state index contributed by atoms with van der Waals surface area (Å²) < 4.78 is 0. The maximum absolute atomic E-state index is 10.7. The molecule has 0 aliphatic carbocycles. The third kappa shape index (κ3) is 3.86. The minimum atomic E-state index is -0.193. The van der Waals surface area contributed by atoms with E-state index in [0.29, 0.717) is 12.1 Å². The van der Waals surface area contributed by atoms with Crippen LogP contribution in [0.3, 0.4) is 0 Å². The number of hydrogen-bond acceptors (Lipinski definition) is 2. The Kier molecular flexibility index (Phi) is 4.24. The number of rotatable bonds is 4. The van der Waals surface area contributed by atoms with Crippen LogP contribution in [0, 0.1) is 0 Å². The molecule has 3 heteroatoms. The van der Waals surface area contributed by atoms with E-state index in [0.717, 1.165) is 0 Å². The van der Waals surface area contributed by atoms with E-state index >= 15 is 0 Å². The molecule has 1 amide bonds. The molecule has 3 nitrogen and oxygen atoms in total. The van der Waals surface area contributed by atoms with Gasteiger partial charge in [0.15, 0.2) is 0 Å². The molecular weight excluding hydrogens is 128 g/mol. The van der Waals surface area contributed by atoms with Crippen molar-refractivity contribution in [3.8, 4) is 0 Å². The largest absolute Gasteiger partial charge is 0.287 e. The smallest absolute Gasteiger partial charge is 0.260 e. The van der Waals surface area contributed by atoms with Gasteiger partial charge in [0, 0.05) is 12.1 Å². The molecule has 0 heterocycles. The van der Waals surface area contributed by atoms with Crippen molar-refractivity contribution in [2.24, 2.45) is 0 Å². The van der Waals surface area contributed by atoms with Crippen LogP contribution in [-0.2, 0) is 4.79 Å². The maximum atomic E-state index is 10.7. The molecule has 0 spiro atoms. The van der Waals surface area contributed by atoms with E-state index in [9.17, 15) is 4.79 Å². The highest BCUT2D eigenvalue weighted by atomic mass is 16.2. The van der Waals surface area contributed by atoms with E-state index in [1.54, 1.807) is 13.0 Å². The monoisotopic (exact) mass is 140 g/mol. The quantitative estimate of drug-likeness (QED) is 0.256. The van der Waals surface area contributed by atoms with Gasteiger partial charge < -0.3 is 0 Å². The Morgan fingerprint density at radius 2 is 2.30 bits per heavy atom. The zero-order chi connectivity index (χ0) is 7.98. The van der Waals surface area contributed by atoms with Crippen molar-refractivity contribution in [1.82, 2.24) is 10.9 Å². The van der Waals surface area contributed by atoms with E-state index in [2.05, 4.69) is 24.0 Å². The topological polar surface area (TPSA) is 41.1 Å². The van der Waals surface area contributed by atoms with Gasteiger partial charge in [0.2, 0.25) is 0 Å². The molecule has 0 aromatic carbocycles. The summed E-state index contributed by atoms with van der Waals surface area (Å²) in [5.41, 5.74) is 5.54. The standard InChI is InChI=1S/C7H12N2O/c1-4-5-8-9-7(10)6(2)3/h4,8H,1-2,5H2,3H3,(H,9,10). The summed E-state index contributed by atoms with van der Waals surface area (Å²) in [7, 11) is 0. The maximum Gasteiger partial charge on any atom is 0.260 e. The summed E-state index contributed by atoms with van der Waals surface area (Å²) in [4.78, 5) is 10.7. The fourth-order valence-electron chi connectivity index (χ4n) is 0.310. The summed E-state index contributed by atoms with van der Waals surface area (Å²) in [5.74, 6) is -0.193. The van der Waals surface area contributed by atoms with Crippen LogP contribution in [0.4, 0.5) is 0 Å². The first-order valence-corrected chi connectivity index (χ1v) is 2.98. The normalized spacial score (nSPS) is 8.50. The highest BCUT2D eigenvalue weighted by Gasteiger charge is 1.96. The zero-order valence-corrected chi connectivity index (χ0v) is 6.11. The first kappa shape index (κ1) is 8.91. The average Bonchev–Trinajstić information content (AvgIpc) is 1.88. The Labute approximate surface area is 60.8 Å².